The van der Waals surface area contributed by atoms with Crippen LogP contribution in [0.15, 0.2) is 27.8 Å². The highest BCUT2D eigenvalue weighted by Crippen LogP contribution is 2.33. The molecule has 1 amide bonds. The van der Waals surface area contributed by atoms with Crippen LogP contribution in [-0.2, 0) is 0 Å². The van der Waals surface area contributed by atoms with Gasteiger partial charge in [-0.05, 0) is 53.2 Å². The average Bonchev–Trinajstić information content (AvgIpc) is 3.22. The monoisotopic (exact) mass is 325 g/mol. The van der Waals surface area contributed by atoms with Crippen LogP contribution >= 0.6 is 15.9 Å². The molecule has 0 aliphatic heterocycles. The fourth-order valence-electron chi connectivity index (χ4n) is 1.97. The van der Waals surface area contributed by atoms with Crippen molar-refractivity contribution in [3.8, 4) is 0 Å². The molecule has 1 aromatic carbocycles. The van der Waals surface area contributed by atoms with Gasteiger partial charge in [0.25, 0.3) is 5.91 Å². The van der Waals surface area contributed by atoms with Crippen LogP contribution in [0.4, 0.5) is 0 Å². The number of amides is 1. The van der Waals surface area contributed by atoms with Gasteiger partial charge in [-0.15, -0.1) is 0 Å². The van der Waals surface area contributed by atoms with E-state index >= 15 is 0 Å². The summed E-state index contributed by atoms with van der Waals surface area (Å²) < 4.78 is 0.765. The molecular weight excluding hydrogens is 310 g/mol. The molecular formula is C13H16BrN3O2. The summed E-state index contributed by atoms with van der Waals surface area (Å²) >= 11 is 3.41. The fraction of sp³-hybridized carbons (Fsp3) is 0.385. The Morgan fingerprint density at radius 1 is 1.58 bits per heavy atom. The maximum Gasteiger partial charge on any atom is 0.253 e. The molecule has 19 heavy (non-hydrogen) atoms. The van der Waals surface area contributed by atoms with E-state index in [-0.39, 0.29) is 17.7 Å². The van der Waals surface area contributed by atoms with Crippen molar-refractivity contribution in [2.24, 2.45) is 16.8 Å². The van der Waals surface area contributed by atoms with E-state index in [4.69, 9.17) is 10.9 Å². The van der Waals surface area contributed by atoms with Gasteiger partial charge in [-0.25, -0.2) is 0 Å². The van der Waals surface area contributed by atoms with Crippen molar-refractivity contribution in [1.82, 2.24) is 5.32 Å². The number of nitrogens with zero attached hydrogens (tertiary/aromatic N) is 1. The van der Waals surface area contributed by atoms with Crippen LogP contribution in [0.2, 0.25) is 0 Å². The molecule has 0 aromatic heterocycles. The summed E-state index contributed by atoms with van der Waals surface area (Å²) in [6, 6.07) is 5.08. The van der Waals surface area contributed by atoms with Gasteiger partial charge in [-0.2, -0.15) is 0 Å². The zero-order valence-corrected chi connectivity index (χ0v) is 12.1. The SMILES string of the molecule is Cc1cccc(C(=O)NC(/C(N)=N/O)C2CC2)c1Br. The summed E-state index contributed by atoms with van der Waals surface area (Å²) in [5.41, 5.74) is 7.16. The Kier molecular flexibility index (Phi) is 4.09. The van der Waals surface area contributed by atoms with Gasteiger partial charge in [0.1, 0.15) is 0 Å². The molecule has 4 N–H and O–H groups in total. The number of benzene rings is 1. The molecule has 1 aromatic rings. The molecule has 1 fully saturated rings. The molecule has 5 nitrogen and oxygen atoms in total. The molecule has 0 bridgehead atoms. The molecule has 2 rings (SSSR count). The van der Waals surface area contributed by atoms with Crippen molar-refractivity contribution in [1.29, 1.82) is 0 Å². The van der Waals surface area contributed by atoms with Crippen molar-refractivity contribution in [3.05, 3.63) is 33.8 Å². The average molecular weight is 326 g/mol. The summed E-state index contributed by atoms with van der Waals surface area (Å²) in [5.74, 6) is 0.0992. The quantitative estimate of drug-likeness (QED) is 0.342. The molecule has 1 unspecified atom stereocenters. The molecule has 1 aliphatic rings. The number of carbonyl (C=O) groups excluding carboxylic acids is 1. The van der Waals surface area contributed by atoms with Crippen molar-refractivity contribution >= 4 is 27.7 Å². The van der Waals surface area contributed by atoms with E-state index in [0.29, 0.717) is 5.56 Å². The van der Waals surface area contributed by atoms with Crippen LogP contribution in [0.25, 0.3) is 0 Å². The van der Waals surface area contributed by atoms with Crippen molar-refractivity contribution < 1.29 is 10.0 Å². The second-order valence-electron chi connectivity index (χ2n) is 4.75. The summed E-state index contributed by atoms with van der Waals surface area (Å²) in [5, 5.41) is 14.6. The highest BCUT2D eigenvalue weighted by Gasteiger charge is 2.35. The van der Waals surface area contributed by atoms with Crippen LogP contribution in [0.1, 0.15) is 28.8 Å². The first-order valence-corrected chi connectivity index (χ1v) is 6.87. The molecule has 1 saturated carbocycles. The largest absolute Gasteiger partial charge is 0.409 e. The minimum absolute atomic E-state index is 0.0552. The van der Waals surface area contributed by atoms with Crippen LogP contribution in [-0.4, -0.2) is 23.0 Å². The first-order valence-electron chi connectivity index (χ1n) is 6.08. The number of hydrogen-bond donors (Lipinski definition) is 3. The number of amidine groups is 1. The predicted octanol–water partition coefficient (Wildman–Crippen LogP) is 2.01. The second-order valence-corrected chi connectivity index (χ2v) is 5.54. The summed E-state index contributed by atoms with van der Waals surface area (Å²) in [6.45, 7) is 1.92. The maximum atomic E-state index is 12.2. The van der Waals surface area contributed by atoms with Gasteiger partial charge in [0, 0.05) is 4.47 Å². The lowest BCUT2D eigenvalue weighted by atomic mass is 10.1. The number of nitrogens with one attached hydrogen (secondary N) is 1. The Labute approximate surface area is 120 Å². The summed E-state index contributed by atoms with van der Waals surface area (Å²) in [6.07, 6.45) is 1.96. The predicted molar refractivity (Wildman–Crippen MR) is 76.3 cm³/mol. The lowest BCUT2D eigenvalue weighted by molar-refractivity contribution is 0.0942. The zero-order valence-electron chi connectivity index (χ0n) is 10.6. The minimum atomic E-state index is -0.398. The number of carbonyl (C=O) groups is 1. The lowest BCUT2D eigenvalue weighted by Crippen LogP contribution is -2.46. The van der Waals surface area contributed by atoms with E-state index in [0.717, 1.165) is 22.9 Å². The molecule has 6 heteroatoms. The number of oxime groups is 1. The maximum absolute atomic E-state index is 12.2. The van der Waals surface area contributed by atoms with Crippen molar-refractivity contribution in [3.63, 3.8) is 0 Å². The van der Waals surface area contributed by atoms with E-state index in [1.807, 2.05) is 19.1 Å². The molecule has 0 heterocycles. The molecule has 1 aliphatic carbocycles. The van der Waals surface area contributed by atoms with Crippen LogP contribution in [0.5, 0.6) is 0 Å². The fourth-order valence-corrected chi connectivity index (χ4v) is 2.41. The third kappa shape index (κ3) is 3.07. The Hall–Kier alpha value is -1.56. The number of halogens is 1. The van der Waals surface area contributed by atoms with Crippen molar-refractivity contribution in [2.45, 2.75) is 25.8 Å². The van der Waals surface area contributed by atoms with E-state index in [1.54, 1.807) is 6.07 Å². The van der Waals surface area contributed by atoms with Gasteiger partial charge in [0.05, 0.1) is 11.6 Å². The van der Waals surface area contributed by atoms with Crippen LogP contribution in [0, 0.1) is 12.8 Å². The first kappa shape index (κ1) is 13.9. The lowest BCUT2D eigenvalue weighted by Gasteiger charge is -2.17. The third-order valence-corrected chi connectivity index (χ3v) is 4.30. The van der Waals surface area contributed by atoms with E-state index in [9.17, 15) is 4.79 Å². The Balaban J connectivity index is 2.17. The van der Waals surface area contributed by atoms with Crippen molar-refractivity contribution in [2.75, 3.05) is 0 Å². The normalized spacial score (nSPS) is 17.1. The number of rotatable bonds is 4. The summed E-state index contributed by atoms with van der Waals surface area (Å²) in [7, 11) is 0. The standard InChI is InChI=1S/C13H16BrN3O2/c1-7-3-2-4-9(10(7)14)13(18)16-11(8-5-6-8)12(15)17-19/h2-4,8,11,19H,5-6H2,1H3,(H2,15,17)(H,16,18). The van der Waals surface area contributed by atoms with Gasteiger partial charge >= 0.3 is 0 Å². The number of hydrogen-bond acceptors (Lipinski definition) is 3. The zero-order chi connectivity index (χ0) is 14.0. The van der Waals surface area contributed by atoms with E-state index < -0.39 is 6.04 Å². The molecule has 102 valence electrons. The van der Waals surface area contributed by atoms with Gasteiger partial charge in [-0.1, -0.05) is 17.3 Å². The molecule has 0 radical (unpaired) electrons. The van der Waals surface area contributed by atoms with Gasteiger partial charge in [0.2, 0.25) is 0 Å². The smallest absolute Gasteiger partial charge is 0.253 e. The Morgan fingerprint density at radius 2 is 2.26 bits per heavy atom. The number of aryl methyl sites for hydroxylation is 1. The highest BCUT2D eigenvalue weighted by molar-refractivity contribution is 9.10. The van der Waals surface area contributed by atoms with Crippen LogP contribution < -0.4 is 11.1 Å². The van der Waals surface area contributed by atoms with E-state index in [2.05, 4.69) is 26.4 Å². The first-order chi connectivity index (χ1) is 9.04. The van der Waals surface area contributed by atoms with Gasteiger partial charge in [-0.3, -0.25) is 4.79 Å². The third-order valence-electron chi connectivity index (χ3n) is 3.25. The molecule has 0 spiro atoms. The van der Waals surface area contributed by atoms with Gasteiger partial charge < -0.3 is 16.3 Å². The van der Waals surface area contributed by atoms with Gasteiger partial charge in [0.15, 0.2) is 5.84 Å². The van der Waals surface area contributed by atoms with E-state index in [1.165, 1.54) is 0 Å². The van der Waals surface area contributed by atoms with Crippen LogP contribution in [0.3, 0.4) is 0 Å². The molecule has 1 atom stereocenters. The highest BCUT2D eigenvalue weighted by atomic mass is 79.9. The Bertz CT molecular complexity index is 527. The minimum Gasteiger partial charge on any atom is -0.409 e. The number of nitrogens with two attached hydrogens (primary N) is 1. The Morgan fingerprint density at radius 3 is 2.84 bits per heavy atom. The second kappa shape index (κ2) is 5.61. The molecule has 0 saturated heterocycles. The summed E-state index contributed by atoms with van der Waals surface area (Å²) in [4.78, 5) is 12.2. The topological polar surface area (TPSA) is 87.7 Å².